The zero-order valence-corrected chi connectivity index (χ0v) is 14.2. The normalized spacial score (nSPS) is 13.7. The first-order valence-corrected chi connectivity index (χ1v) is 7.65. The Morgan fingerprint density at radius 2 is 1.12 bits per heavy atom. The van der Waals surface area contributed by atoms with Gasteiger partial charge >= 0.3 is 6.18 Å². The molecular formula is C16H12BrF7O. The number of aliphatic hydroxyl groups excluding tert-OH is 1. The van der Waals surface area contributed by atoms with Gasteiger partial charge in [-0.1, -0.05) is 28.1 Å². The van der Waals surface area contributed by atoms with Gasteiger partial charge < -0.3 is 5.11 Å². The highest BCUT2D eigenvalue weighted by atomic mass is 79.9. The molecule has 0 fully saturated rings. The van der Waals surface area contributed by atoms with Crippen LogP contribution in [-0.4, -0.2) is 11.3 Å². The molecule has 138 valence electrons. The van der Waals surface area contributed by atoms with Gasteiger partial charge in [0.05, 0.1) is 5.56 Å². The third-order valence-corrected chi connectivity index (χ3v) is 3.44. The van der Waals surface area contributed by atoms with Crippen molar-refractivity contribution in [3.05, 3.63) is 70.8 Å². The number of rotatable bonds is 2. The van der Waals surface area contributed by atoms with Crippen molar-refractivity contribution in [3.8, 4) is 0 Å². The second-order valence-corrected chi connectivity index (χ2v) is 6.20. The third kappa shape index (κ3) is 5.71. The Kier molecular flexibility index (Phi) is 7.43. The zero-order chi connectivity index (χ0) is 19.4. The fourth-order valence-corrected chi connectivity index (χ4v) is 2.26. The molecule has 0 bridgehead atoms. The van der Waals surface area contributed by atoms with Gasteiger partial charge in [-0.15, -0.1) is 0 Å². The lowest BCUT2D eigenvalue weighted by atomic mass is 10.1. The quantitative estimate of drug-likeness (QED) is 0.457. The topological polar surface area (TPSA) is 20.2 Å². The molecule has 2 aromatic rings. The minimum atomic E-state index is -5.08. The number of benzene rings is 2. The van der Waals surface area contributed by atoms with E-state index >= 15 is 0 Å². The molecule has 25 heavy (non-hydrogen) atoms. The standard InChI is InChI=1S/C8H7BrF2.C8H5F5O/c1-5(9)8-6(10)3-2-4-7(8)11;9-4-2-1-3-5(10)6(4)7(14)8(11,12)13/h2-5H,1H3;1-3,7,14H. The monoisotopic (exact) mass is 432 g/mol. The Morgan fingerprint density at radius 1 is 0.800 bits per heavy atom. The molecule has 0 aliphatic carbocycles. The number of hydrogen-bond acceptors (Lipinski definition) is 1. The van der Waals surface area contributed by atoms with Crippen LogP contribution in [0.5, 0.6) is 0 Å². The van der Waals surface area contributed by atoms with Crippen molar-refractivity contribution in [2.45, 2.75) is 24.0 Å². The average molecular weight is 433 g/mol. The van der Waals surface area contributed by atoms with Gasteiger partial charge in [-0.2, -0.15) is 13.2 Å². The summed E-state index contributed by atoms with van der Waals surface area (Å²) < 4.78 is 86.9. The van der Waals surface area contributed by atoms with Crippen molar-refractivity contribution in [2.24, 2.45) is 0 Å². The molecule has 0 aliphatic rings. The zero-order valence-electron chi connectivity index (χ0n) is 12.6. The first kappa shape index (κ1) is 21.4. The molecule has 2 rings (SSSR count). The minimum Gasteiger partial charge on any atom is -0.379 e. The van der Waals surface area contributed by atoms with Crippen molar-refractivity contribution in [1.82, 2.24) is 0 Å². The van der Waals surface area contributed by atoms with Gasteiger partial charge in [0, 0.05) is 10.4 Å². The maximum atomic E-state index is 12.8. The van der Waals surface area contributed by atoms with E-state index in [4.69, 9.17) is 5.11 Å². The largest absolute Gasteiger partial charge is 0.418 e. The van der Waals surface area contributed by atoms with E-state index in [0.717, 1.165) is 6.07 Å². The van der Waals surface area contributed by atoms with Crippen LogP contribution in [0, 0.1) is 23.3 Å². The summed E-state index contributed by atoms with van der Waals surface area (Å²) in [4.78, 5) is -0.288. The molecule has 0 aliphatic heterocycles. The van der Waals surface area contributed by atoms with Gasteiger partial charge in [0.2, 0.25) is 0 Å². The molecule has 2 atom stereocenters. The van der Waals surface area contributed by atoms with Crippen molar-refractivity contribution < 1.29 is 35.8 Å². The molecule has 0 amide bonds. The van der Waals surface area contributed by atoms with Gasteiger partial charge in [0.1, 0.15) is 23.3 Å². The van der Waals surface area contributed by atoms with E-state index in [9.17, 15) is 30.7 Å². The summed E-state index contributed by atoms with van der Waals surface area (Å²) >= 11 is 3.10. The van der Waals surface area contributed by atoms with Crippen LogP contribution < -0.4 is 0 Å². The van der Waals surface area contributed by atoms with E-state index < -0.39 is 41.1 Å². The Bertz CT molecular complexity index is 676. The van der Waals surface area contributed by atoms with E-state index in [1.54, 1.807) is 6.92 Å². The van der Waals surface area contributed by atoms with Gasteiger partial charge in [0.25, 0.3) is 0 Å². The first-order valence-electron chi connectivity index (χ1n) is 6.73. The number of alkyl halides is 4. The molecule has 0 aromatic heterocycles. The molecule has 1 nitrogen and oxygen atoms in total. The smallest absolute Gasteiger partial charge is 0.379 e. The van der Waals surface area contributed by atoms with Crippen molar-refractivity contribution in [2.75, 3.05) is 0 Å². The highest BCUT2D eigenvalue weighted by Gasteiger charge is 2.42. The van der Waals surface area contributed by atoms with Gasteiger partial charge in [-0.05, 0) is 31.2 Å². The lowest BCUT2D eigenvalue weighted by Crippen LogP contribution is -2.22. The van der Waals surface area contributed by atoms with Gasteiger partial charge in [-0.3, -0.25) is 0 Å². The fourth-order valence-electron chi connectivity index (χ4n) is 1.83. The molecule has 0 heterocycles. The number of hydrogen-bond donors (Lipinski definition) is 1. The number of halogens is 8. The predicted octanol–water partition coefficient (Wildman–Crippen LogP) is 5.98. The van der Waals surface area contributed by atoms with E-state index in [-0.39, 0.29) is 10.4 Å². The summed E-state index contributed by atoms with van der Waals surface area (Å²) in [6, 6.07) is 6.05. The van der Waals surface area contributed by atoms with Crippen LogP contribution in [0.2, 0.25) is 0 Å². The minimum absolute atomic E-state index is 0.0903. The summed E-state index contributed by atoms with van der Waals surface area (Å²) in [6.45, 7) is 1.68. The average Bonchev–Trinajstić information content (AvgIpc) is 2.46. The maximum absolute atomic E-state index is 12.8. The summed E-state index contributed by atoms with van der Waals surface area (Å²) in [6.07, 6.45) is -8.22. The Hall–Kier alpha value is -1.61. The summed E-state index contributed by atoms with van der Waals surface area (Å²) in [7, 11) is 0. The molecule has 0 saturated heterocycles. The van der Waals surface area contributed by atoms with Crippen LogP contribution in [0.4, 0.5) is 30.7 Å². The molecule has 0 spiro atoms. The summed E-state index contributed by atoms with van der Waals surface area (Å²) in [5.74, 6) is -3.85. The molecule has 2 aromatic carbocycles. The third-order valence-electron chi connectivity index (χ3n) is 2.98. The molecule has 2 unspecified atom stereocenters. The fraction of sp³-hybridized carbons (Fsp3) is 0.250. The second kappa shape index (κ2) is 8.66. The Balaban J connectivity index is 0.000000257. The van der Waals surface area contributed by atoms with Crippen LogP contribution in [0.15, 0.2) is 36.4 Å². The molecule has 0 saturated carbocycles. The van der Waals surface area contributed by atoms with Crippen molar-refractivity contribution in [3.63, 3.8) is 0 Å². The van der Waals surface area contributed by atoms with Crippen LogP contribution >= 0.6 is 15.9 Å². The Morgan fingerprint density at radius 3 is 1.36 bits per heavy atom. The maximum Gasteiger partial charge on any atom is 0.418 e. The van der Waals surface area contributed by atoms with E-state index in [0.29, 0.717) is 12.1 Å². The lowest BCUT2D eigenvalue weighted by molar-refractivity contribution is -0.208. The highest BCUT2D eigenvalue weighted by molar-refractivity contribution is 9.09. The SMILES string of the molecule is CC(Br)c1c(F)cccc1F.OC(c1c(F)cccc1F)C(F)(F)F. The van der Waals surface area contributed by atoms with Crippen molar-refractivity contribution in [1.29, 1.82) is 0 Å². The predicted molar refractivity (Wildman–Crippen MR) is 81.1 cm³/mol. The van der Waals surface area contributed by atoms with Crippen molar-refractivity contribution >= 4 is 15.9 Å². The van der Waals surface area contributed by atoms with Crippen LogP contribution in [0.25, 0.3) is 0 Å². The van der Waals surface area contributed by atoms with E-state index in [1.165, 1.54) is 18.2 Å². The molecule has 0 radical (unpaired) electrons. The first-order chi connectivity index (χ1) is 11.5. The molecule has 9 heteroatoms. The lowest BCUT2D eigenvalue weighted by Gasteiger charge is -2.15. The Labute approximate surface area is 147 Å². The van der Waals surface area contributed by atoms with Crippen LogP contribution in [0.1, 0.15) is 29.0 Å². The summed E-state index contributed by atoms with van der Waals surface area (Å²) in [5, 5.41) is 8.61. The molecule has 1 N–H and O–H groups in total. The highest BCUT2D eigenvalue weighted by Crippen LogP contribution is 2.34. The second-order valence-electron chi connectivity index (χ2n) is 4.83. The van der Waals surface area contributed by atoms with Gasteiger partial charge in [-0.25, -0.2) is 17.6 Å². The van der Waals surface area contributed by atoms with Crippen LogP contribution in [0.3, 0.4) is 0 Å². The number of aliphatic hydroxyl groups is 1. The molecular weight excluding hydrogens is 421 g/mol. The van der Waals surface area contributed by atoms with Gasteiger partial charge in [0.15, 0.2) is 6.10 Å². The summed E-state index contributed by atoms with van der Waals surface area (Å²) in [5.41, 5.74) is -1.28. The van der Waals surface area contributed by atoms with E-state index in [2.05, 4.69) is 15.9 Å². The van der Waals surface area contributed by atoms with Crippen LogP contribution in [-0.2, 0) is 0 Å². The van der Waals surface area contributed by atoms with E-state index in [1.807, 2.05) is 0 Å².